The van der Waals surface area contributed by atoms with Crippen molar-refractivity contribution in [3.05, 3.63) is 69.5 Å². The van der Waals surface area contributed by atoms with E-state index >= 15 is 0 Å². The van der Waals surface area contributed by atoms with E-state index in [4.69, 9.17) is 5.26 Å². The van der Waals surface area contributed by atoms with Gasteiger partial charge < -0.3 is 0 Å². The molecular formula is C24H26FN. The number of hydrogen-bond donors (Lipinski definition) is 0. The lowest BCUT2D eigenvalue weighted by atomic mass is 9.73. The number of benzene rings is 2. The molecule has 2 aromatic rings. The van der Waals surface area contributed by atoms with Crippen LogP contribution in [0.25, 0.3) is 0 Å². The summed E-state index contributed by atoms with van der Waals surface area (Å²) in [6.45, 7) is 2.29. The molecule has 0 amide bonds. The van der Waals surface area contributed by atoms with Gasteiger partial charge in [0.1, 0.15) is 11.9 Å². The maximum atomic E-state index is 14.0. The highest BCUT2D eigenvalue weighted by Gasteiger charge is 2.27. The summed E-state index contributed by atoms with van der Waals surface area (Å²) in [6.07, 6.45) is 9.63. The Bertz CT molecular complexity index is 861. The van der Waals surface area contributed by atoms with Crippen molar-refractivity contribution in [1.29, 1.82) is 5.26 Å². The van der Waals surface area contributed by atoms with Gasteiger partial charge in [-0.2, -0.15) is 5.26 Å². The molecule has 0 spiro atoms. The van der Waals surface area contributed by atoms with Gasteiger partial charge in [-0.25, -0.2) is 4.39 Å². The summed E-state index contributed by atoms with van der Waals surface area (Å²) in [7, 11) is 0. The second-order valence-electron chi connectivity index (χ2n) is 8.03. The molecule has 0 heterocycles. The van der Waals surface area contributed by atoms with Crippen molar-refractivity contribution in [2.75, 3.05) is 0 Å². The summed E-state index contributed by atoms with van der Waals surface area (Å²) in [5, 5.41) is 8.92. The maximum Gasteiger partial charge on any atom is 0.141 e. The van der Waals surface area contributed by atoms with Gasteiger partial charge in [-0.3, -0.25) is 0 Å². The van der Waals surface area contributed by atoms with Crippen LogP contribution >= 0.6 is 0 Å². The van der Waals surface area contributed by atoms with Crippen molar-refractivity contribution in [3.63, 3.8) is 0 Å². The molecule has 2 heteroatoms. The molecule has 0 saturated carbocycles. The Morgan fingerprint density at radius 2 is 1.77 bits per heavy atom. The molecule has 1 nitrogen and oxygen atoms in total. The van der Waals surface area contributed by atoms with E-state index < -0.39 is 0 Å². The van der Waals surface area contributed by atoms with Crippen molar-refractivity contribution in [1.82, 2.24) is 0 Å². The van der Waals surface area contributed by atoms with E-state index in [0.29, 0.717) is 5.92 Å². The van der Waals surface area contributed by atoms with E-state index in [1.54, 1.807) is 28.8 Å². The quantitative estimate of drug-likeness (QED) is 0.680. The molecule has 2 aliphatic carbocycles. The summed E-state index contributed by atoms with van der Waals surface area (Å²) in [5.41, 5.74) is 7.42. The Morgan fingerprint density at radius 3 is 2.46 bits per heavy atom. The van der Waals surface area contributed by atoms with Gasteiger partial charge in [0.05, 0.1) is 5.56 Å². The van der Waals surface area contributed by atoms with Gasteiger partial charge in [-0.15, -0.1) is 0 Å². The summed E-state index contributed by atoms with van der Waals surface area (Å²) in [5.74, 6) is 0.839. The number of rotatable bonds is 3. The minimum atomic E-state index is -0.386. The lowest BCUT2D eigenvalue weighted by Crippen LogP contribution is -2.20. The number of halogens is 1. The van der Waals surface area contributed by atoms with E-state index in [2.05, 4.69) is 19.1 Å². The Hall–Kier alpha value is -2.14. The molecule has 4 rings (SSSR count). The van der Waals surface area contributed by atoms with Crippen LogP contribution in [0.5, 0.6) is 0 Å². The van der Waals surface area contributed by atoms with Crippen LogP contribution in [0.1, 0.15) is 71.9 Å². The third kappa shape index (κ3) is 3.16. The first-order chi connectivity index (χ1) is 12.7. The third-order valence-corrected chi connectivity index (χ3v) is 6.43. The molecule has 2 aromatic carbocycles. The molecule has 2 aliphatic rings. The number of hydrogen-bond acceptors (Lipinski definition) is 1. The van der Waals surface area contributed by atoms with Crippen molar-refractivity contribution in [3.8, 4) is 6.07 Å². The lowest BCUT2D eigenvalue weighted by Gasteiger charge is -2.32. The molecule has 26 heavy (non-hydrogen) atoms. The van der Waals surface area contributed by atoms with Gasteiger partial charge in [-0.05, 0) is 90.3 Å². The normalized spacial score (nSPS) is 21.6. The zero-order chi connectivity index (χ0) is 18.1. The standard InChI is InChI=1S/C24H26FN/c1-2-3-16-4-10-22-19(12-16)6-7-20-13-17(9-11-23(20)22)18-5-8-21(15-26)24(25)14-18/h5-8,14,16-17H,2-4,9-13H2,1H3. The maximum absolute atomic E-state index is 14.0. The van der Waals surface area contributed by atoms with Crippen molar-refractivity contribution < 1.29 is 4.39 Å². The monoisotopic (exact) mass is 347 g/mol. The molecule has 0 fully saturated rings. The molecule has 0 bridgehead atoms. The van der Waals surface area contributed by atoms with Gasteiger partial charge >= 0.3 is 0 Å². The lowest BCUT2D eigenvalue weighted by molar-refractivity contribution is 0.419. The van der Waals surface area contributed by atoms with Crippen LogP contribution < -0.4 is 0 Å². The fourth-order valence-electron chi connectivity index (χ4n) is 5.06. The second-order valence-corrected chi connectivity index (χ2v) is 8.03. The van der Waals surface area contributed by atoms with Crippen molar-refractivity contribution >= 4 is 0 Å². The van der Waals surface area contributed by atoms with Gasteiger partial charge in [0.2, 0.25) is 0 Å². The van der Waals surface area contributed by atoms with Crippen LogP contribution in [0.15, 0.2) is 30.3 Å². The fourth-order valence-corrected chi connectivity index (χ4v) is 5.06. The SMILES string of the molecule is CCCC1CCc2c(ccc3c2CCC(c2ccc(C#N)c(F)c2)C3)C1. The molecule has 134 valence electrons. The van der Waals surface area contributed by atoms with Crippen LogP contribution in [-0.4, -0.2) is 0 Å². The van der Waals surface area contributed by atoms with E-state index in [9.17, 15) is 4.39 Å². The van der Waals surface area contributed by atoms with Gasteiger partial charge in [0, 0.05) is 0 Å². The third-order valence-electron chi connectivity index (χ3n) is 6.43. The highest BCUT2D eigenvalue weighted by atomic mass is 19.1. The predicted molar refractivity (Wildman–Crippen MR) is 103 cm³/mol. The Balaban J connectivity index is 1.57. The average Bonchev–Trinajstić information content (AvgIpc) is 2.67. The predicted octanol–water partition coefficient (Wildman–Crippen LogP) is 5.87. The topological polar surface area (TPSA) is 23.8 Å². The van der Waals surface area contributed by atoms with Gasteiger partial charge in [0.25, 0.3) is 0 Å². The highest BCUT2D eigenvalue weighted by Crippen LogP contribution is 2.39. The number of nitriles is 1. The number of nitrogens with zero attached hydrogens (tertiary/aromatic N) is 1. The Labute approximate surface area is 155 Å². The Morgan fingerprint density at radius 1 is 1.04 bits per heavy atom. The molecule has 2 atom stereocenters. The van der Waals surface area contributed by atoms with E-state index in [1.807, 2.05) is 12.1 Å². The van der Waals surface area contributed by atoms with E-state index in [-0.39, 0.29) is 11.4 Å². The van der Waals surface area contributed by atoms with Gasteiger partial charge in [-0.1, -0.05) is 38.0 Å². The highest BCUT2D eigenvalue weighted by molar-refractivity contribution is 5.46. The molecule has 0 saturated heterocycles. The van der Waals surface area contributed by atoms with Gasteiger partial charge in [0.15, 0.2) is 0 Å². The van der Waals surface area contributed by atoms with Crippen LogP contribution in [-0.2, 0) is 25.7 Å². The summed E-state index contributed by atoms with van der Waals surface area (Å²) < 4.78 is 14.0. The van der Waals surface area contributed by atoms with Crippen LogP contribution in [0.3, 0.4) is 0 Å². The van der Waals surface area contributed by atoms with Crippen molar-refractivity contribution in [2.45, 2.75) is 64.2 Å². The van der Waals surface area contributed by atoms with Crippen LogP contribution in [0.2, 0.25) is 0 Å². The molecule has 0 aromatic heterocycles. The summed E-state index contributed by atoms with van der Waals surface area (Å²) >= 11 is 0. The number of fused-ring (bicyclic) bond motifs is 3. The first kappa shape index (κ1) is 17.3. The molecular weight excluding hydrogens is 321 g/mol. The van der Waals surface area contributed by atoms with E-state index in [0.717, 1.165) is 30.7 Å². The molecule has 2 unspecified atom stereocenters. The smallest absolute Gasteiger partial charge is 0.141 e. The molecule has 0 N–H and O–H groups in total. The van der Waals surface area contributed by atoms with Crippen molar-refractivity contribution in [2.24, 2.45) is 5.92 Å². The zero-order valence-corrected chi connectivity index (χ0v) is 15.5. The summed E-state index contributed by atoms with van der Waals surface area (Å²) in [6, 6.07) is 11.7. The zero-order valence-electron chi connectivity index (χ0n) is 15.5. The fraction of sp³-hybridized carbons (Fsp3) is 0.458. The van der Waals surface area contributed by atoms with E-state index in [1.165, 1.54) is 37.7 Å². The molecule has 0 radical (unpaired) electrons. The first-order valence-electron chi connectivity index (χ1n) is 10.0. The average molecular weight is 347 g/mol. The molecule has 0 aliphatic heterocycles. The second kappa shape index (κ2) is 7.23. The first-order valence-corrected chi connectivity index (χ1v) is 10.0. The van der Waals surface area contributed by atoms with Crippen LogP contribution in [0.4, 0.5) is 4.39 Å². The minimum absolute atomic E-state index is 0.140. The summed E-state index contributed by atoms with van der Waals surface area (Å²) in [4.78, 5) is 0. The minimum Gasteiger partial charge on any atom is -0.206 e. The largest absolute Gasteiger partial charge is 0.206 e. The Kier molecular flexibility index (Phi) is 4.81. The van der Waals surface area contributed by atoms with Crippen LogP contribution in [0, 0.1) is 23.1 Å².